The van der Waals surface area contributed by atoms with E-state index in [4.69, 9.17) is 0 Å². The maximum absolute atomic E-state index is 12.2. The van der Waals surface area contributed by atoms with Crippen molar-refractivity contribution in [3.05, 3.63) is 11.1 Å². The van der Waals surface area contributed by atoms with E-state index in [1.807, 2.05) is 0 Å². The molecule has 0 radical (unpaired) electrons. The first kappa shape index (κ1) is 11.0. The Hall–Kier alpha value is -1.10. The van der Waals surface area contributed by atoms with E-state index in [1.54, 1.807) is 0 Å². The highest BCUT2D eigenvalue weighted by Gasteiger charge is 2.54. The molecule has 0 saturated heterocycles. The molecule has 3 aliphatic carbocycles. The summed E-state index contributed by atoms with van der Waals surface area (Å²) in [6, 6.07) is 2.57. The number of ketones is 1. The van der Waals surface area contributed by atoms with Gasteiger partial charge in [0.1, 0.15) is 0 Å². The van der Waals surface area contributed by atoms with Crippen LogP contribution >= 0.6 is 0 Å². The minimum atomic E-state index is -0.291. The molecule has 0 aliphatic heterocycles. The molecular formula is C15H19NO. The molecule has 2 fully saturated rings. The van der Waals surface area contributed by atoms with Gasteiger partial charge in [0, 0.05) is 12.3 Å². The Balaban J connectivity index is 2.11. The summed E-state index contributed by atoms with van der Waals surface area (Å²) in [6.45, 7) is 2.10. The van der Waals surface area contributed by atoms with Gasteiger partial charge in [-0.2, -0.15) is 5.26 Å². The van der Waals surface area contributed by atoms with E-state index in [0.717, 1.165) is 31.3 Å². The third kappa shape index (κ3) is 1.35. The summed E-state index contributed by atoms with van der Waals surface area (Å²) in [4.78, 5) is 12.2. The lowest BCUT2D eigenvalue weighted by atomic mass is 9.66. The van der Waals surface area contributed by atoms with Gasteiger partial charge in [-0.3, -0.25) is 4.79 Å². The molecule has 17 heavy (non-hydrogen) atoms. The van der Waals surface area contributed by atoms with E-state index < -0.39 is 0 Å². The van der Waals surface area contributed by atoms with Crippen molar-refractivity contribution in [3.8, 4) is 6.07 Å². The fraction of sp³-hybridized carbons (Fsp3) is 0.733. The normalized spacial score (nSPS) is 40.8. The van der Waals surface area contributed by atoms with Crippen molar-refractivity contribution >= 4 is 5.78 Å². The lowest BCUT2D eigenvalue weighted by Crippen LogP contribution is -2.33. The molecular weight excluding hydrogens is 210 g/mol. The minimum absolute atomic E-state index is 0.242. The largest absolute Gasteiger partial charge is 0.295 e. The average Bonchev–Trinajstić information content (AvgIpc) is 2.63. The SMILES string of the molecule is CC1(C#N)C2CCCCC2=C2C(=O)CCCC21. The molecule has 2 heteroatoms. The van der Waals surface area contributed by atoms with Gasteiger partial charge in [0.2, 0.25) is 0 Å². The Kier molecular flexibility index (Phi) is 2.40. The quantitative estimate of drug-likeness (QED) is 0.639. The monoisotopic (exact) mass is 229 g/mol. The van der Waals surface area contributed by atoms with Gasteiger partial charge in [-0.25, -0.2) is 0 Å². The van der Waals surface area contributed by atoms with Gasteiger partial charge in [-0.15, -0.1) is 0 Å². The fourth-order valence-electron chi connectivity index (χ4n) is 4.34. The van der Waals surface area contributed by atoms with Crippen LogP contribution in [0, 0.1) is 28.6 Å². The highest BCUT2D eigenvalue weighted by molar-refractivity contribution is 5.98. The molecule has 3 atom stereocenters. The number of rotatable bonds is 0. The lowest BCUT2D eigenvalue weighted by molar-refractivity contribution is -0.117. The Morgan fingerprint density at radius 1 is 1.18 bits per heavy atom. The molecule has 3 aliphatic rings. The minimum Gasteiger partial charge on any atom is -0.295 e. The number of fused-ring (bicyclic) bond motifs is 2. The summed E-state index contributed by atoms with van der Waals surface area (Å²) in [5.74, 6) is 0.970. The Labute approximate surface area is 103 Å². The molecule has 0 N–H and O–H groups in total. The van der Waals surface area contributed by atoms with Crippen molar-refractivity contribution < 1.29 is 4.79 Å². The molecule has 3 unspecified atom stereocenters. The molecule has 3 rings (SSSR count). The van der Waals surface area contributed by atoms with Crippen LogP contribution in [0.4, 0.5) is 0 Å². The highest BCUT2D eigenvalue weighted by atomic mass is 16.1. The summed E-state index contributed by atoms with van der Waals surface area (Å²) in [6.07, 6.45) is 7.35. The number of allylic oxidation sites excluding steroid dienone is 2. The molecule has 0 bridgehead atoms. The second-order valence-corrected chi connectivity index (χ2v) is 6.00. The van der Waals surface area contributed by atoms with Crippen LogP contribution in [0.1, 0.15) is 51.9 Å². The van der Waals surface area contributed by atoms with Crippen LogP contribution in [0.25, 0.3) is 0 Å². The summed E-state index contributed by atoms with van der Waals surface area (Å²) in [7, 11) is 0. The molecule has 2 nitrogen and oxygen atoms in total. The van der Waals surface area contributed by atoms with Crippen LogP contribution in [0.15, 0.2) is 11.1 Å². The van der Waals surface area contributed by atoms with Gasteiger partial charge in [-0.1, -0.05) is 12.0 Å². The van der Waals surface area contributed by atoms with E-state index >= 15 is 0 Å². The van der Waals surface area contributed by atoms with Crippen molar-refractivity contribution in [1.82, 2.24) is 0 Å². The van der Waals surface area contributed by atoms with Crippen LogP contribution in [0.3, 0.4) is 0 Å². The maximum atomic E-state index is 12.2. The van der Waals surface area contributed by atoms with Crippen molar-refractivity contribution in [3.63, 3.8) is 0 Å². The maximum Gasteiger partial charge on any atom is 0.159 e. The van der Waals surface area contributed by atoms with Gasteiger partial charge in [0.15, 0.2) is 5.78 Å². The standard InChI is InChI=1S/C15H19NO/c1-15(9-16)11-6-3-2-5-10(11)14-12(15)7-4-8-13(14)17/h11-12H,2-8H2,1H3. The third-order valence-electron chi connectivity index (χ3n) is 5.19. The van der Waals surface area contributed by atoms with E-state index in [2.05, 4.69) is 13.0 Å². The van der Waals surface area contributed by atoms with Crippen LogP contribution in [-0.2, 0) is 4.79 Å². The molecule has 0 aromatic heterocycles. The van der Waals surface area contributed by atoms with E-state index in [9.17, 15) is 10.1 Å². The molecule has 0 aromatic carbocycles. The van der Waals surface area contributed by atoms with Crippen LogP contribution in [0.2, 0.25) is 0 Å². The Bertz CT molecular complexity index is 442. The predicted octanol–water partition coefficient (Wildman–Crippen LogP) is 3.39. The second kappa shape index (κ2) is 3.70. The second-order valence-electron chi connectivity index (χ2n) is 6.00. The van der Waals surface area contributed by atoms with Crippen LogP contribution < -0.4 is 0 Å². The summed E-state index contributed by atoms with van der Waals surface area (Å²) in [5, 5.41) is 9.60. The first-order chi connectivity index (χ1) is 8.18. The first-order valence-corrected chi connectivity index (χ1v) is 6.86. The lowest BCUT2D eigenvalue weighted by Gasteiger charge is -2.35. The average molecular weight is 229 g/mol. The molecule has 0 aromatic rings. The van der Waals surface area contributed by atoms with E-state index in [1.165, 1.54) is 18.4 Å². The number of carbonyl (C=O) groups is 1. The fourth-order valence-corrected chi connectivity index (χ4v) is 4.34. The number of nitriles is 1. The van der Waals surface area contributed by atoms with Gasteiger partial charge < -0.3 is 0 Å². The van der Waals surface area contributed by atoms with E-state index in [-0.39, 0.29) is 11.3 Å². The van der Waals surface area contributed by atoms with Gasteiger partial charge in [0.25, 0.3) is 0 Å². The van der Waals surface area contributed by atoms with Crippen molar-refractivity contribution in [2.45, 2.75) is 51.9 Å². The summed E-state index contributed by atoms with van der Waals surface area (Å²) >= 11 is 0. The Morgan fingerprint density at radius 2 is 1.94 bits per heavy atom. The third-order valence-corrected chi connectivity index (χ3v) is 5.19. The van der Waals surface area contributed by atoms with Crippen LogP contribution in [0.5, 0.6) is 0 Å². The number of hydrogen-bond acceptors (Lipinski definition) is 2. The number of hydrogen-bond donors (Lipinski definition) is 0. The zero-order valence-electron chi connectivity index (χ0n) is 10.5. The van der Waals surface area contributed by atoms with Gasteiger partial charge >= 0.3 is 0 Å². The molecule has 2 saturated carbocycles. The van der Waals surface area contributed by atoms with Crippen molar-refractivity contribution in [2.24, 2.45) is 17.3 Å². The first-order valence-electron chi connectivity index (χ1n) is 6.86. The predicted molar refractivity (Wildman–Crippen MR) is 65.1 cm³/mol. The van der Waals surface area contributed by atoms with Gasteiger partial charge in [-0.05, 0) is 50.5 Å². The number of carbonyl (C=O) groups excluding carboxylic acids is 1. The zero-order chi connectivity index (χ0) is 12.0. The summed E-state index contributed by atoms with van der Waals surface area (Å²) < 4.78 is 0. The topological polar surface area (TPSA) is 40.9 Å². The van der Waals surface area contributed by atoms with Gasteiger partial charge in [0.05, 0.1) is 11.5 Å². The van der Waals surface area contributed by atoms with E-state index in [0.29, 0.717) is 18.1 Å². The van der Waals surface area contributed by atoms with Crippen molar-refractivity contribution in [2.75, 3.05) is 0 Å². The van der Waals surface area contributed by atoms with Crippen LogP contribution in [-0.4, -0.2) is 5.78 Å². The zero-order valence-corrected chi connectivity index (χ0v) is 10.5. The smallest absolute Gasteiger partial charge is 0.159 e. The summed E-state index contributed by atoms with van der Waals surface area (Å²) in [5.41, 5.74) is 2.17. The highest BCUT2D eigenvalue weighted by Crippen LogP contribution is 2.58. The number of Topliss-reactive ketones (excluding diaryl/α,β-unsaturated/α-hetero) is 1. The molecule has 90 valence electrons. The van der Waals surface area contributed by atoms with Crippen molar-refractivity contribution in [1.29, 1.82) is 5.26 Å². The molecule has 0 heterocycles. The Morgan fingerprint density at radius 3 is 2.71 bits per heavy atom. The number of nitrogens with zero attached hydrogens (tertiary/aromatic N) is 1. The molecule has 0 spiro atoms. The molecule has 0 amide bonds.